The minimum Gasteiger partial charge on any atom is -0.329 e. The van der Waals surface area contributed by atoms with Gasteiger partial charge in [-0.15, -0.1) is 0 Å². The summed E-state index contributed by atoms with van der Waals surface area (Å²) in [5, 5.41) is 3.58. The molecule has 1 rings (SSSR count). The van der Waals surface area contributed by atoms with Gasteiger partial charge in [-0.3, -0.25) is 0 Å². The summed E-state index contributed by atoms with van der Waals surface area (Å²) in [6, 6.07) is 0.567. The average molecular weight is 198 g/mol. The van der Waals surface area contributed by atoms with Crippen LogP contribution in [0.5, 0.6) is 0 Å². The third kappa shape index (κ3) is 3.58. The molecule has 3 N–H and O–H groups in total. The van der Waals surface area contributed by atoms with E-state index in [2.05, 4.69) is 19.2 Å². The van der Waals surface area contributed by atoms with Gasteiger partial charge >= 0.3 is 0 Å². The van der Waals surface area contributed by atoms with Crippen molar-refractivity contribution in [2.24, 2.45) is 17.6 Å². The monoisotopic (exact) mass is 198 g/mol. The predicted octanol–water partition coefficient (Wildman–Crippen LogP) is 2.14. The van der Waals surface area contributed by atoms with Crippen molar-refractivity contribution in [2.75, 3.05) is 13.1 Å². The standard InChI is InChI=1S/C12H26N2/c1-3-7-14-12(9-13)11-6-4-5-10(2)8-11/h10-12,14H,3-9,13H2,1-2H3. The second-order valence-electron chi connectivity index (χ2n) is 4.83. The van der Waals surface area contributed by atoms with E-state index in [9.17, 15) is 0 Å². The Kier molecular flexibility index (Phi) is 5.49. The van der Waals surface area contributed by atoms with Gasteiger partial charge in [0.1, 0.15) is 0 Å². The maximum absolute atomic E-state index is 5.83. The van der Waals surface area contributed by atoms with Crippen LogP contribution >= 0.6 is 0 Å². The van der Waals surface area contributed by atoms with E-state index in [1.54, 1.807) is 0 Å². The van der Waals surface area contributed by atoms with E-state index < -0.39 is 0 Å². The minimum atomic E-state index is 0.567. The fourth-order valence-electron chi connectivity index (χ4n) is 2.62. The first-order valence-corrected chi connectivity index (χ1v) is 6.21. The first-order valence-electron chi connectivity index (χ1n) is 6.21. The van der Waals surface area contributed by atoms with Crippen LogP contribution in [0.15, 0.2) is 0 Å². The molecule has 0 saturated heterocycles. The maximum atomic E-state index is 5.83. The highest BCUT2D eigenvalue weighted by Crippen LogP contribution is 2.30. The van der Waals surface area contributed by atoms with Gasteiger partial charge in [0.15, 0.2) is 0 Å². The second-order valence-corrected chi connectivity index (χ2v) is 4.83. The molecule has 1 aliphatic rings. The van der Waals surface area contributed by atoms with Crippen LogP contribution in [0.25, 0.3) is 0 Å². The summed E-state index contributed by atoms with van der Waals surface area (Å²) in [5.41, 5.74) is 5.83. The Morgan fingerprint density at radius 3 is 2.79 bits per heavy atom. The van der Waals surface area contributed by atoms with E-state index in [1.165, 1.54) is 32.1 Å². The van der Waals surface area contributed by atoms with Gasteiger partial charge in [-0.2, -0.15) is 0 Å². The predicted molar refractivity (Wildman–Crippen MR) is 62.3 cm³/mol. The molecular formula is C12H26N2. The Bertz CT molecular complexity index is 147. The van der Waals surface area contributed by atoms with E-state index in [4.69, 9.17) is 5.73 Å². The van der Waals surface area contributed by atoms with Gasteiger partial charge in [0, 0.05) is 12.6 Å². The number of hydrogen-bond donors (Lipinski definition) is 2. The topological polar surface area (TPSA) is 38.0 Å². The lowest BCUT2D eigenvalue weighted by molar-refractivity contribution is 0.225. The Hall–Kier alpha value is -0.0800. The smallest absolute Gasteiger partial charge is 0.0218 e. The molecule has 0 aliphatic heterocycles. The molecule has 14 heavy (non-hydrogen) atoms. The molecule has 0 aromatic heterocycles. The zero-order chi connectivity index (χ0) is 10.4. The molecule has 3 unspecified atom stereocenters. The van der Waals surface area contributed by atoms with Crippen LogP contribution in [0, 0.1) is 11.8 Å². The normalized spacial score (nSPS) is 30.2. The van der Waals surface area contributed by atoms with Crippen molar-refractivity contribution in [3.05, 3.63) is 0 Å². The molecule has 2 heteroatoms. The SMILES string of the molecule is CCCNC(CN)C1CCCC(C)C1. The lowest BCUT2D eigenvalue weighted by Gasteiger charge is -2.33. The molecule has 0 heterocycles. The molecule has 0 bridgehead atoms. The molecule has 0 amide bonds. The van der Waals surface area contributed by atoms with Crippen LogP contribution < -0.4 is 11.1 Å². The zero-order valence-corrected chi connectivity index (χ0v) is 9.76. The van der Waals surface area contributed by atoms with Crippen molar-refractivity contribution in [3.8, 4) is 0 Å². The highest BCUT2D eigenvalue weighted by molar-refractivity contribution is 4.81. The molecule has 0 aromatic rings. The van der Waals surface area contributed by atoms with Crippen molar-refractivity contribution in [1.82, 2.24) is 5.32 Å². The average Bonchev–Trinajstić information content (AvgIpc) is 2.19. The largest absolute Gasteiger partial charge is 0.329 e. The number of rotatable bonds is 5. The third-order valence-corrected chi connectivity index (χ3v) is 3.46. The Labute approximate surface area is 88.6 Å². The zero-order valence-electron chi connectivity index (χ0n) is 9.76. The number of nitrogens with two attached hydrogens (primary N) is 1. The van der Waals surface area contributed by atoms with Crippen molar-refractivity contribution in [1.29, 1.82) is 0 Å². The summed E-state index contributed by atoms with van der Waals surface area (Å²) in [5.74, 6) is 1.74. The van der Waals surface area contributed by atoms with Crippen LogP contribution in [0.2, 0.25) is 0 Å². The highest BCUT2D eigenvalue weighted by Gasteiger charge is 2.25. The lowest BCUT2D eigenvalue weighted by Crippen LogP contribution is -2.44. The molecule has 84 valence electrons. The molecule has 1 saturated carbocycles. The number of hydrogen-bond acceptors (Lipinski definition) is 2. The maximum Gasteiger partial charge on any atom is 0.0218 e. The summed E-state index contributed by atoms with van der Waals surface area (Å²) in [6.45, 7) is 6.51. The molecule has 0 radical (unpaired) electrons. The van der Waals surface area contributed by atoms with E-state index in [0.717, 1.165) is 24.9 Å². The van der Waals surface area contributed by atoms with Crippen LogP contribution in [0.1, 0.15) is 46.0 Å². The van der Waals surface area contributed by atoms with Gasteiger partial charge in [-0.1, -0.05) is 26.7 Å². The van der Waals surface area contributed by atoms with E-state index in [0.29, 0.717) is 6.04 Å². The van der Waals surface area contributed by atoms with Crippen LogP contribution in [0.4, 0.5) is 0 Å². The third-order valence-electron chi connectivity index (χ3n) is 3.46. The molecular weight excluding hydrogens is 172 g/mol. The van der Waals surface area contributed by atoms with E-state index in [1.807, 2.05) is 0 Å². The summed E-state index contributed by atoms with van der Waals surface area (Å²) < 4.78 is 0. The molecule has 0 spiro atoms. The quantitative estimate of drug-likeness (QED) is 0.710. The summed E-state index contributed by atoms with van der Waals surface area (Å²) >= 11 is 0. The van der Waals surface area contributed by atoms with Crippen LogP contribution in [-0.2, 0) is 0 Å². The Morgan fingerprint density at radius 1 is 1.43 bits per heavy atom. The van der Waals surface area contributed by atoms with Gasteiger partial charge in [0.25, 0.3) is 0 Å². The van der Waals surface area contributed by atoms with Crippen molar-refractivity contribution >= 4 is 0 Å². The minimum absolute atomic E-state index is 0.567. The number of nitrogens with one attached hydrogen (secondary N) is 1. The van der Waals surface area contributed by atoms with Crippen molar-refractivity contribution in [2.45, 2.75) is 52.0 Å². The van der Waals surface area contributed by atoms with Gasteiger partial charge in [-0.05, 0) is 37.6 Å². The molecule has 0 aromatic carbocycles. The second kappa shape index (κ2) is 6.41. The lowest BCUT2D eigenvalue weighted by atomic mass is 9.78. The first-order chi connectivity index (χ1) is 6.77. The van der Waals surface area contributed by atoms with Crippen LogP contribution in [-0.4, -0.2) is 19.1 Å². The molecule has 2 nitrogen and oxygen atoms in total. The van der Waals surface area contributed by atoms with Crippen molar-refractivity contribution in [3.63, 3.8) is 0 Å². The Morgan fingerprint density at radius 2 is 2.21 bits per heavy atom. The highest BCUT2D eigenvalue weighted by atomic mass is 14.9. The summed E-state index contributed by atoms with van der Waals surface area (Å²) in [7, 11) is 0. The molecule has 1 fully saturated rings. The Balaban J connectivity index is 2.34. The van der Waals surface area contributed by atoms with Gasteiger partial charge in [-0.25, -0.2) is 0 Å². The fraction of sp³-hybridized carbons (Fsp3) is 1.00. The summed E-state index contributed by atoms with van der Waals surface area (Å²) in [6.07, 6.45) is 6.78. The van der Waals surface area contributed by atoms with E-state index in [-0.39, 0.29) is 0 Å². The van der Waals surface area contributed by atoms with Crippen LogP contribution in [0.3, 0.4) is 0 Å². The first kappa shape index (κ1) is 12.0. The summed E-state index contributed by atoms with van der Waals surface area (Å²) in [4.78, 5) is 0. The van der Waals surface area contributed by atoms with Gasteiger partial charge < -0.3 is 11.1 Å². The van der Waals surface area contributed by atoms with Gasteiger partial charge in [0.05, 0.1) is 0 Å². The van der Waals surface area contributed by atoms with Gasteiger partial charge in [0.2, 0.25) is 0 Å². The van der Waals surface area contributed by atoms with E-state index >= 15 is 0 Å². The molecule has 1 aliphatic carbocycles. The van der Waals surface area contributed by atoms with Crippen molar-refractivity contribution < 1.29 is 0 Å². The fourth-order valence-corrected chi connectivity index (χ4v) is 2.62. The molecule has 3 atom stereocenters.